The Morgan fingerprint density at radius 1 is 1.50 bits per heavy atom. The third-order valence-corrected chi connectivity index (χ3v) is 3.01. The number of hydrogen-bond acceptors (Lipinski definition) is 1. The van der Waals surface area contributed by atoms with E-state index in [1.165, 1.54) is 5.57 Å². The van der Waals surface area contributed by atoms with Gasteiger partial charge in [-0.05, 0) is 44.1 Å². The van der Waals surface area contributed by atoms with Crippen LogP contribution in [0.2, 0.25) is 0 Å². The highest BCUT2D eigenvalue weighted by atomic mass is 16.1. The molecule has 3 atom stereocenters. The van der Waals surface area contributed by atoms with Crippen molar-refractivity contribution >= 4 is 5.78 Å². The van der Waals surface area contributed by atoms with Crippen molar-refractivity contribution in [2.45, 2.75) is 34.1 Å². The number of allylic oxidation sites excluding steroid dienone is 4. The first-order valence-electron chi connectivity index (χ1n) is 5.36. The second-order valence-corrected chi connectivity index (χ2v) is 4.60. The van der Waals surface area contributed by atoms with Crippen LogP contribution in [0, 0.1) is 17.8 Å². The largest absolute Gasteiger partial charge is 0.295 e. The van der Waals surface area contributed by atoms with Crippen LogP contribution < -0.4 is 0 Å². The summed E-state index contributed by atoms with van der Waals surface area (Å²) < 4.78 is 0. The number of carbonyl (C=O) groups is 1. The third-order valence-electron chi connectivity index (χ3n) is 3.01. The molecule has 14 heavy (non-hydrogen) atoms. The van der Waals surface area contributed by atoms with Gasteiger partial charge in [0.05, 0.1) is 0 Å². The maximum Gasteiger partial charge on any atom is 0.152 e. The average Bonchev–Trinajstić information content (AvgIpc) is 2.01. The van der Waals surface area contributed by atoms with Crippen LogP contribution in [0.3, 0.4) is 0 Å². The van der Waals surface area contributed by atoms with Gasteiger partial charge in [0, 0.05) is 0 Å². The number of carbonyl (C=O) groups excluding carboxylic acids is 1. The smallest absolute Gasteiger partial charge is 0.152 e. The van der Waals surface area contributed by atoms with E-state index >= 15 is 0 Å². The van der Waals surface area contributed by atoms with Gasteiger partial charge in [-0.1, -0.05) is 31.6 Å². The number of ketones is 1. The van der Waals surface area contributed by atoms with Gasteiger partial charge in [-0.2, -0.15) is 0 Å². The zero-order valence-corrected chi connectivity index (χ0v) is 9.58. The van der Waals surface area contributed by atoms with Crippen LogP contribution in [0.25, 0.3) is 0 Å². The monoisotopic (exact) mass is 192 g/mol. The van der Waals surface area contributed by atoms with E-state index in [1.54, 1.807) is 13.0 Å². The predicted molar refractivity (Wildman–Crippen MR) is 60.0 cm³/mol. The Bertz CT molecular complexity index is 273. The molecule has 0 aliphatic heterocycles. The fourth-order valence-corrected chi connectivity index (χ4v) is 2.40. The van der Waals surface area contributed by atoms with Gasteiger partial charge in [0.25, 0.3) is 0 Å². The topological polar surface area (TPSA) is 17.1 Å². The highest BCUT2D eigenvalue weighted by Gasteiger charge is 2.24. The minimum atomic E-state index is 0.149. The summed E-state index contributed by atoms with van der Waals surface area (Å²) in [6, 6.07) is 0. The molecule has 0 spiro atoms. The van der Waals surface area contributed by atoms with Crippen molar-refractivity contribution in [1.29, 1.82) is 0 Å². The van der Waals surface area contributed by atoms with Gasteiger partial charge in [-0.15, -0.1) is 0 Å². The zero-order valence-electron chi connectivity index (χ0n) is 9.58. The molecule has 1 nitrogen and oxygen atoms in total. The van der Waals surface area contributed by atoms with E-state index in [2.05, 4.69) is 32.9 Å². The van der Waals surface area contributed by atoms with Crippen molar-refractivity contribution in [1.82, 2.24) is 0 Å². The van der Waals surface area contributed by atoms with Gasteiger partial charge < -0.3 is 0 Å². The van der Waals surface area contributed by atoms with Crippen molar-refractivity contribution in [3.63, 3.8) is 0 Å². The highest BCUT2D eigenvalue weighted by molar-refractivity contribution is 5.87. The molecule has 0 aromatic rings. The van der Waals surface area contributed by atoms with Crippen molar-refractivity contribution in [3.8, 4) is 0 Å². The molecule has 0 bridgehead atoms. The minimum absolute atomic E-state index is 0.149. The molecule has 0 amide bonds. The standard InChI is InChI=1S/C13H20O/c1-9-7-10(2)13(11(3)8-9)6-5-12(4)14/h5-7,10-11,13H,8H2,1-4H3/b6-5+/t10-,11-,13-/m1/s1. The Labute approximate surface area is 86.9 Å². The molecular weight excluding hydrogens is 172 g/mol. The first-order valence-corrected chi connectivity index (χ1v) is 5.36. The van der Waals surface area contributed by atoms with E-state index in [4.69, 9.17) is 0 Å². The molecule has 1 heteroatoms. The predicted octanol–water partition coefficient (Wildman–Crippen LogP) is 3.37. The molecule has 0 saturated carbocycles. The van der Waals surface area contributed by atoms with Crippen LogP contribution in [0.15, 0.2) is 23.8 Å². The molecule has 1 rings (SSSR count). The number of hydrogen-bond donors (Lipinski definition) is 0. The second-order valence-electron chi connectivity index (χ2n) is 4.60. The zero-order chi connectivity index (χ0) is 10.7. The van der Waals surface area contributed by atoms with Gasteiger partial charge in [-0.3, -0.25) is 4.79 Å². The fourth-order valence-electron chi connectivity index (χ4n) is 2.40. The lowest BCUT2D eigenvalue weighted by molar-refractivity contribution is -0.112. The normalized spacial score (nSPS) is 33.1. The lowest BCUT2D eigenvalue weighted by Gasteiger charge is -2.30. The quantitative estimate of drug-likeness (QED) is 0.484. The maximum absolute atomic E-state index is 10.9. The molecule has 0 N–H and O–H groups in total. The van der Waals surface area contributed by atoms with Crippen LogP contribution in [0.1, 0.15) is 34.1 Å². The van der Waals surface area contributed by atoms with Gasteiger partial charge in [0.15, 0.2) is 5.78 Å². The van der Waals surface area contributed by atoms with Gasteiger partial charge >= 0.3 is 0 Å². The average molecular weight is 192 g/mol. The molecule has 0 radical (unpaired) electrons. The molecule has 0 fully saturated rings. The molecule has 0 saturated heterocycles. The molecular formula is C13H20O. The van der Waals surface area contributed by atoms with Gasteiger partial charge in [0.2, 0.25) is 0 Å². The summed E-state index contributed by atoms with van der Waals surface area (Å²) in [5, 5.41) is 0. The molecule has 1 aliphatic rings. The van der Waals surface area contributed by atoms with E-state index in [9.17, 15) is 4.79 Å². The summed E-state index contributed by atoms with van der Waals surface area (Å²) in [5.41, 5.74) is 1.48. The second kappa shape index (κ2) is 4.59. The Hall–Kier alpha value is -0.850. The Kier molecular flexibility index (Phi) is 3.68. The number of rotatable bonds is 2. The first-order chi connectivity index (χ1) is 6.50. The van der Waals surface area contributed by atoms with E-state index in [-0.39, 0.29) is 5.78 Å². The molecule has 0 aromatic carbocycles. The van der Waals surface area contributed by atoms with Crippen LogP contribution in [0.5, 0.6) is 0 Å². The summed E-state index contributed by atoms with van der Waals surface area (Å²) >= 11 is 0. The van der Waals surface area contributed by atoms with Crippen LogP contribution in [0.4, 0.5) is 0 Å². The van der Waals surface area contributed by atoms with E-state index in [1.807, 2.05) is 0 Å². The van der Waals surface area contributed by atoms with Gasteiger partial charge in [-0.25, -0.2) is 0 Å². The molecule has 78 valence electrons. The van der Waals surface area contributed by atoms with E-state index in [0.29, 0.717) is 17.8 Å². The Balaban J connectivity index is 2.74. The Morgan fingerprint density at radius 3 is 2.64 bits per heavy atom. The highest BCUT2D eigenvalue weighted by Crippen LogP contribution is 2.34. The molecule has 0 aromatic heterocycles. The SMILES string of the molecule is CC(=O)/C=C/[C@@H]1[C@H](C)C=C(C)C[C@H]1C. The molecule has 0 unspecified atom stereocenters. The van der Waals surface area contributed by atoms with Crippen molar-refractivity contribution in [2.24, 2.45) is 17.8 Å². The summed E-state index contributed by atoms with van der Waals surface area (Å²) in [4.78, 5) is 10.9. The fraction of sp³-hybridized carbons (Fsp3) is 0.615. The summed E-state index contributed by atoms with van der Waals surface area (Å²) in [5.74, 6) is 1.90. The third kappa shape index (κ3) is 2.83. The summed E-state index contributed by atoms with van der Waals surface area (Å²) in [6.07, 6.45) is 7.29. The van der Waals surface area contributed by atoms with Crippen LogP contribution >= 0.6 is 0 Å². The summed E-state index contributed by atoms with van der Waals surface area (Å²) in [7, 11) is 0. The summed E-state index contributed by atoms with van der Waals surface area (Å²) in [6.45, 7) is 8.30. The van der Waals surface area contributed by atoms with Crippen molar-refractivity contribution < 1.29 is 4.79 Å². The lowest BCUT2D eigenvalue weighted by atomic mass is 9.75. The maximum atomic E-state index is 10.9. The van der Waals surface area contributed by atoms with Gasteiger partial charge in [0.1, 0.15) is 0 Å². The lowest BCUT2D eigenvalue weighted by Crippen LogP contribution is -2.21. The minimum Gasteiger partial charge on any atom is -0.295 e. The first kappa shape index (κ1) is 11.2. The van der Waals surface area contributed by atoms with E-state index < -0.39 is 0 Å². The van der Waals surface area contributed by atoms with Crippen molar-refractivity contribution in [2.75, 3.05) is 0 Å². The van der Waals surface area contributed by atoms with Crippen molar-refractivity contribution in [3.05, 3.63) is 23.8 Å². The molecule has 1 aliphatic carbocycles. The van der Waals surface area contributed by atoms with Crippen LogP contribution in [-0.2, 0) is 4.79 Å². The molecule has 0 heterocycles. The Morgan fingerprint density at radius 2 is 2.14 bits per heavy atom. The van der Waals surface area contributed by atoms with E-state index in [0.717, 1.165) is 6.42 Å². The van der Waals surface area contributed by atoms with Crippen LogP contribution in [-0.4, -0.2) is 5.78 Å².